The molecule has 1 fully saturated rings. The molecule has 8 nitrogen and oxygen atoms in total. The highest BCUT2D eigenvalue weighted by molar-refractivity contribution is 6.48. The molecule has 2 aromatic rings. The largest absolute Gasteiger partial charge is 0.505 e. The predicted octanol–water partition coefficient (Wildman–Crippen LogP) is 2.30. The fourth-order valence-corrected chi connectivity index (χ4v) is 3.68. The lowest BCUT2D eigenvalue weighted by atomic mass is 10.1. The van der Waals surface area contributed by atoms with Crippen LogP contribution in [0, 0.1) is 0 Å². The van der Waals surface area contributed by atoms with E-state index in [-0.39, 0.29) is 40.2 Å². The number of anilines is 1. The molecule has 2 aliphatic heterocycles. The number of rotatable bonds is 5. The third-order valence-corrected chi connectivity index (χ3v) is 5.47. The number of phenols is 1. The third-order valence-electron chi connectivity index (χ3n) is 5.12. The van der Waals surface area contributed by atoms with Crippen molar-refractivity contribution in [1.29, 1.82) is 0 Å². The van der Waals surface area contributed by atoms with Crippen LogP contribution < -0.4 is 5.32 Å². The molecule has 3 amide bonds. The van der Waals surface area contributed by atoms with Crippen molar-refractivity contribution in [1.82, 2.24) is 9.80 Å². The molecule has 2 aromatic carbocycles. The first kappa shape index (κ1) is 20.9. The number of amides is 3. The molecule has 0 spiro atoms. The number of aromatic hydroxyl groups is 1. The van der Waals surface area contributed by atoms with Crippen LogP contribution in [-0.2, 0) is 20.9 Å². The molecule has 0 unspecified atom stereocenters. The van der Waals surface area contributed by atoms with Crippen molar-refractivity contribution < 1.29 is 24.2 Å². The van der Waals surface area contributed by atoms with Crippen LogP contribution in [0.15, 0.2) is 59.3 Å². The highest BCUT2D eigenvalue weighted by Crippen LogP contribution is 2.33. The number of hydrogen-bond donors (Lipinski definition) is 2. The summed E-state index contributed by atoms with van der Waals surface area (Å²) in [5, 5.41) is 13.1. The molecule has 2 N–H and O–H groups in total. The lowest BCUT2D eigenvalue weighted by Crippen LogP contribution is -2.40. The Morgan fingerprint density at radius 1 is 1.03 bits per heavy atom. The number of carbonyl (C=O) groups excluding carboxylic acids is 3. The van der Waals surface area contributed by atoms with Gasteiger partial charge in [0.05, 0.1) is 31.0 Å². The first-order valence-electron chi connectivity index (χ1n) is 9.73. The van der Waals surface area contributed by atoms with Crippen molar-refractivity contribution in [2.75, 3.05) is 31.6 Å². The van der Waals surface area contributed by atoms with E-state index < -0.39 is 11.8 Å². The second kappa shape index (κ2) is 8.79. The average Bonchev–Trinajstić information content (AvgIpc) is 2.99. The van der Waals surface area contributed by atoms with Crippen molar-refractivity contribution in [3.63, 3.8) is 0 Å². The van der Waals surface area contributed by atoms with Crippen LogP contribution in [0.3, 0.4) is 0 Å². The minimum absolute atomic E-state index is 0.0709. The zero-order valence-corrected chi connectivity index (χ0v) is 17.3. The van der Waals surface area contributed by atoms with Crippen LogP contribution in [-0.4, -0.2) is 58.9 Å². The number of carbonyl (C=O) groups is 3. The van der Waals surface area contributed by atoms with E-state index in [0.717, 1.165) is 10.5 Å². The number of para-hydroxylation sites is 1. The number of nitrogens with zero attached hydrogens (tertiary/aromatic N) is 2. The molecule has 0 aliphatic carbocycles. The van der Waals surface area contributed by atoms with Crippen molar-refractivity contribution in [2.45, 2.75) is 6.54 Å². The zero-order valence-electron chi connectivity index (χ0n) is 16.5. The summed E-state index contributed by atoms with van der Waals surface area (Å²) in [6.45, 7) is 1.78. The maximum Gasteiger partial charge on any atom is 0.279 e. The van der Waals surface area contributed by atoms with Gasteiger partial charge in [-0.1, -0.05) is 48.0 Å². The van der Waals surface area contributed by atoms with Gasteiger partial charge in [0.15, 0.2) is 5.75 Å². The Labute approximate surface area is 183 Å². The summed E-state index contributed by atoms with van der Waals surface area (Å²) < 4.78 is 5.25. The van der Waals surface area contributed by atoms with Gasteiger partial charge in [0, 0.05) is 13.1 Å². The van der Waals surface area contributed by atoms with E-state index in [2.05, 4.69) is 5.32 Å². The highest BCUT2D eigenvalue weighted by atomic mass is 35.5. The quantitative estimate of drug-likeness (QED) is 0.545. The Morgan fingerprint density at radius 3 is 2.45 bits per heavy atom. The van der Waals surface area contributed by atoms with Gasteiger partial charge in [-0.3, -0.25) is 19.3 Å². The molecule has 0 atom stereocenters. The van der Waals surface area contributed by atoms with Crippen LogP contribution >= 0.6 is 11.6 Å². The Balaban J connectivity index is 1.55. The molecule has 160 valence electrons. The maximum absolute atomic E-state index is 12.8. The predicted molar refractivity (Wildman–Crippen MR) is 113 cm³/mol. The Morgan fingerprint density at radius 2 is 1.74 bits per heavy atom. The lowest BCUT2D eigenvalue weighted by Gasteiger charge is -2.27. The van der Waals surface area contributed by atoms with Crippen LogP contribution in [0.25, 0.3) is 0 Å². The molecule has 1 saturated heterocycles. The number of imide groups is 1. The Hall–Kier alpha value is -3.36. The number of nitrogens with one attached hydrogen (secondary N) is 1. The first-order valence-corrected chi connectivity index (χ1v) is 10.1. The minimum Gasteiger partial charge on any atom is -0.505 e. The number of ether oxygens (including phenoxy) is 1. The van der Waals surface area contributed by atoms with Crippen molar-refractivity contribution >= 4 is 35.0 Å². The Bertz CT molecular complexity index is 1060. The number of halogens is 1. The highest BCUT2D eigenvalue weighted by Gasteiger charge is 2.38. The molecule has 9 heteroatoms. The van der Waals surface area contributed by atoms with Gasteiger partial charge >= 0.3 is 0 Å². The molecular weight excluding hydrogens is 422 g/mol. The molecule has 31 heavy (non-hydrogen) atoms. The number of morpholine rings is 1. The maximum atomic E-state index is 12.8. The summed E-state index contributed by atoms with van der Waals surface area (Å²) in [5.41, 5.74) is 0.821. The summed E-state index contributed by atoms with van der Waals surface area (Å²) in [4.78, 5) is 40.7. The van der Waals surface area contributed by atoms with Crippen LogP contribution in [0.4, 0.5) is 5.69 Å². The van der Waals surface area contributed by atoms with Gasteiger partial charge in [-0.2, -0.15) is 0 Å². The molecule has 0 radical (unpaired) electrons. The normalized spacial score (nSPS) is 16.8. The fourth-order valence-electron chi connectivity index (χ4n) is 3.45. The standard InChI is InChI=1S/C22H20ClN3O5/c23-17-18(22(30)26(21(17)29)13-14-5-2-1-3-6-14)24-16-8-4-7-15(19(16)27)20(28)25-9-11-31-12-10-25/h1-8,24,27H,9-13H2. The SMILES string of the molecule is O=C(c1cccc(NC2=C(Cl)C(=O)N(Cc3ccccc3)C2=O)c1O)N1CCOCC1. The molecule has 2 heterocycles. The smallest absolute Gasteiger partial charge is 0.279 e. The second-order valence-electron chi connectivity index (χ2n) is 7.10. The molecule has 2 aliphatic rings. The van der Waals surface area contributed by atoms with E-state index in [0.29, 0.717) is 26.3 Å². The fraction of sp³-hybridized carbons (Fsp3) is 0.227. The van der Waals surface area contributed by atoms with Crippen LogP contribution in [0.1, 0.15) is 15.9 Å². The lowest BCUT2D eigenvalue weighted by molar-refractivity contribution is -0.138. The van der Waals surface area contributed by atoms with Gasteiger partial charge in [0.25, 0.3) is 17.7 Å². The zero-order chi connectivity index (χ0) is 22.0. The third kappa shape index (κ3) is 4.12. The van der Waals surface area contributed by atoms with E-state index in [1.165, 1.54) is 12.1 Å². The summed E-state index contributed by atoms with van der Waals surface area (Å²) >= 11 is 6.15. The van der Waals surface area contributed by atoms with Crippen molar-refractivity contribution in [3.05, 3.63) is 70.4 Å². The van der Waals surface area contributed by atoms with E-state index in [4.69, 9.17) is 16.3 Å². The number of hydrogen-bond acceptors (Lipinski definition) is 6. The Kier molecular flexibility index (Phi) is 5.92. The summed E-state index contributed by atoms with van der Waals surface area (Å²) in [6, 6.07) is 13.6. The van der Waals surface area contributed by atoms with Crippen LogP contribution in [0.2, 0.25) is 0 Å². The first-order chi connectivity index (χ1) is 15.0. The second-order valence-corrected chi connectivity index (χ2v) is 7.48. The number of phenolic OH excluding ortho intramolecular Hbond substituents is 1. The molecule has 0 aromatic heterocycles. The molecule has 0 saturated carbocycles. The van der Waals surface area contributed by atoms with Gasteiger partial charge < -0.3 is 20.1 Å². The van der Waals surface area contributed by atoms with Crippen LogP contribution in [0.5, 0.6) is 5.75 Å². The van der Waals surface area contributed by atoms with E-state index in [1.54, 1.807) is 23.1 Å². The molecule has 0 bridgehead atoms. The van der Waals surface area contributed by atoms with Crippen molar-refractivity contribution in [3.8, 4) is 5.75 Å². The topological polar surface area (TPSA) is 99.2 Å². The monoisotopic (exact) mass is 441 g/mol. The van der Waals surface area contributed by atoms with Gasteiger partial charge in [-0.15, -0.1) is 0 Å². The van der Waals surface area contributed by atoms with E-state index in [9.17, 15) is 19.5 Å². The summed E-state index contributed by atoms with van der Waals surface area (Å²) in [7, 11) is 0. The van der Waals surface area contributed by atoms with Gasteiger partial charge in [0.2, 0.25) is 0 Å². The minimum atomic E-state index is -0.627. The van der Waals surface area contributed by atoms with Gasteiger partial charge in [-0.05, 0) is 17.7 Å². The van der Waals surface area contributed by atoms with Gasteiger partial charge in [-0.25, -0.2) is 0 Å². The molecular formula is C22H20ClN3O5. The van der Waals surface area contributed by atoms with E-state index in [1.807, 2.05) is 18.2 Å². The number of benzene rings is 2. The van der Waals surface area contributed by atoms with E-state index >= 15 is 0 Å². The average molecular weight is 442 g/mol. The molecule has 4 rings (SSSR count). The van der Waals surface area contributed by atoms with Gasteiger partial charge in [0.1, 0.15) is 10.7 Å². The summed E-state index contributed by atoms with van der Waals surface area (Å²) in [5.74, 6) is -1.90. The van der Waals surface area contributed by atoms with Crippen molar-refractivity contribution in [2.24, 2.45) is 0 Å². The summed E-state index contributed by atoms with van der Waals surface area (Å²) in [6.07, 6.45) is 0.